The summed E-state index contributed by atoms with van der Waals surface area (Å²) in [5.74, 6) is 1.37. The van der Waals surface area contributed by atoms with Crippen molar-refractivity contribution in [1.29, 1.82) is 0 Å². The fraction of sp³-hybridized carbons (Fsp3) is 0.385. The molecule has 1 rings (SSSR count). The third kappa shape index (κ3) is 3.32. The van der Waals surface area contributed by atoms with Gasteiger partial charge in [0.05, 0.1) is 0 Å². The first-order chi connectivity index (χ1) is 7.69. The summed E-state index contributed by atoms with van der Waals surface area (Å²) in [6, 6.07) is 3.32. The van der Waals surface area contributed by atoms with Crippen LogP contribution in [0.5, 0.6) is 0 Å². The van der Waals surface area contributed by atoms with E-state index in [1.807, 2.05) is 6.92 Å². The molecule has 1 nitrogen and oxygen atoms in total. The van der Waals surface area contributed by atoms with Gasteiger partial charge in [0.25, 0.3) is 0 Å². The lowest BCUT2D eigenvalue weighted by Crippen LogP contribution is -2.22. The van der Waals surface area contributed by atoms with Crippen LogP contribution in [0.15, 0.2) is 18.2 Å². The maximum absolute atomic E-state index is 13.5. The maximum atomic E-state index is 13.5. The maximum Gasteiger partial charge on any atom is 0.130 e. The fourth-order valence-electron chi connectivity index (χ4n) is 1.51. The molecule has 1 atom stereocenters. The molecule has 1 aromatic rings. The van der Waals surface area contributed by atoms with Gasteiger partial charge in [-0.15, -0.1) is 12.3 Å². The zero-order valence-electron chi connectivity index (χ0n) is 9.26. The van der Waals surface area contributed by atoms with E-state index >= 15 is 0 Å². The van der Waals surface area contributed by atoms with E-state index in [0.717, 1.165) is 19.0 Å². The Labute approximate surface area is 94.9 Å². The van der Waals surface area contributed by atoms with Gasteiger partial charge in [0, 0.05) is 24.1 Å². The number of halogens is 2. The van der Waals surface area contributed by atoms with Crippen molar-refractivity contribution in [3.8, 4) is 12.3 Å². The first kappa shape index (κ1) is 12.7. The van der Waals surface area contributed by atoms with Gasteiger partial charge in [-0.2, -0.15) is 0 Å². The van der Waals surface area contributed by atoms with Gasteiger partial charge in [0.2, 0.25) is 0 Å². The zero-order chi connectivity index (χ0) is 12.0. The highest BCUT2D eigenvalue weighted by Crippen LogP contribution is 2.20. The SMILES string of the molecule is C#CCC(NCCC)c1ccc(F)cc1F. The largest absolute Gasteiger partial charge is 0.309 e. The van der Waals surface area contributed by atoms with Gasteiger partial charge in [-0.3, -0.25) is 0 Å². The summed E-state index contributed by atoms with van der Waals surface area (Å²) in [6.07, 6.45) is 6.56. The molecule has 0 bridgehead atoms. The second-order valence-corrected chi connectivity index (χ2v) is 3.58. The second-order valence-electron chi connectivity index (χ2n) is 3.58. The molecule has 1 unspecified atom stereocenters. The molecule has 0 fully saturated rings. The average molecular weight is 223 g/mol. The molecule has 0 spiro atoms. The van der Waals surface area contributed by atoms with Crippen molar-refractivity contribution in [2.75, 3.05) is 6.54 Å². The third-order valence-electron chi connectivity index (χ3n) is 2.30. The molecule has 1 N–H and O–H groups in total. The van der Waals surface area contributed by atoms with E-state index in [2.05, 4.69) is 11.2 Å². The van der Waals surface area contributed by atoms with Crippen molar-refractivity contribution in [1.82, 2.24) is 5.32 Å². The Bertz CT molecular complexity index is 382. The first-order valence-corrected chi connectivity index (χ1v) is 5.30. The molecule has 0 aliphatic rings. The van der Waals surface area contributed by atoms with Crippen LogP contribution in [0.25, 0.3) is 0 Å². The lowest BCUT2D eigenvalue weighted by molar-refractivity contribution is 0.500. The van der Waals surface area contributed by atoms with E-state index in [0.29, 0.717) is 12.0 Å². The molecule has 86 valence electrons. The summed E-state index contributed by atoms with van der Waals surface area (Å²) in [6.45, 7) is 2.77. The van der Waals surface area contributed by atoms with Crippen LogP contribution in [0, 0.1) is 24.0 Å². The summed E-state index contributed by atoms with van der Waals surface area (Å²) >= 11 is 0. The van der Waals surface area contributed by atoms with E-state index in [4.69, 9.17) is 6.42 Å². The van der Waals surface area contributed by atoms with Crippen LogP contribution >= 0.6 is 0 Å². The molecular weight excluding hydrogens is 208 g/mol. The Balaban J connectivity index is 2.88. The second kappa shape index (κ2) is 6.24. The lowest BCUT2D eigenvalue weighted by Gasteiger charge is -2.17. The van der Waals surface area contributed by atoms with Crippen molar-refractivity contribution < 1.29 is 8.78 Å². The number of hydrogen-bond donors (Lipinski definition) is 1. The predicted molar refractivity (Wildman–Crippen MR) is 60.8 cm³/mol. The molecule has 0 radical (unpaired) electrons. The minimum atomic E-state index is -0.573. The van der Waals surface area contributed by atoms with Crippen molar-refractivity contribution in [2.24, 2.45) is 0 Å². The number of terminal acetylenes is 1. The van der Waals surface area contributed by atoms with Gasteiger partial charge in [0.15, 0.2) is 0 Å². The van der Waals surface area contributed by atoms with Crippen molar-refractivity contribution in [3.05, 3.63) is 35.4 Å². The Morgan fingerprint density at radius 1 is 1.44 bits per heavy atom. The fourth-order valence-corrected chi connectivity index (χ4v) is 1.51. The van der Waals surface area contributed by atoms with Gasteiger partial charge in [-0.1, -0.05) is 13.0 Å². The van der Waals surface area contributed by atoms with Crippen molar-refractivity contribution in [3.63, 3.8) is 0 Å². The van der Waals surface area contributed by atoms with Crippen molar-refractivity contribution >= 4 is 0 Å². The topological polar surface area (TPSA) is 12.0 Å². The van der Waals surface area contributed by atoms with Crippen LogP contribution in [0.4, 0.5) is 8.78 Å². The number of rotatable bonds is 5. The van der Waals surface area contributed by atoms with Crippen LogP contribution in [-0.4, -0.2) is 6.54 Å². The predicted octanol–water partition coefficient (Wildman–Crippen LogP) is 3.03. The standard InChI is InChI=1S/C13H15F2N/c1-3-5-13(16-8-4-2)11-7-6-10(14)9-12(11)15/h1,6-7,9,13,16H,4-5,8H2,2H3. The summed E-state index contributed by atoms with van der Waals surface area (Å²) in [5, 5.41) is 3.14. The normalized spacial score (nSPS) is 12.1. The van der Waals surface area contributed by atoms with Crippen LogP contribution in [-0.2, 0) is 0 Å². The molecule has 0 aliphatic carbocycles. The van der Waals surface area contributed by atoms with E-state index in [1.54, 1.807) is 0 Å². The molecule has 0 saturated carbocycles. The highest BCUT2D eigenvalue weighted by Gasteiger charge is 2.14. The van der Waals surface area contributed by atoms with Gasteiger partial charge in [-0.25, -0.2) is 8.78 Å². The Hall–Kier alpha value is -1.40. The van der Waals surface area contributed by atoms with E-state index in [1.165, 1.54) is 12.1 Å². The van der Waals surface area contributed by atoms with Crippen LogP contribution in [0.2, 0.25) is 0 Å². The molecule has 3 heteroatoms. The van der Waals surface area contributed by atoms with Gasteiger partial charge in [-0.05, 0) is 19.0 Å². The van der Waals surface area contributed by atoms with Crippen LogP contribution < -0.4 is 5.32 Å². The highest BCUT2D eigenvalue weighted by molar-refractivity contribution is 5.23. The molecule has 0 amide bonds. The average Bonchev–Trinajstić information content (AvgIpc) is 2.25. The minimum Gasteiger partial charge on any atom is -0.309 e. The van der Waals surface area contributed by atoms with Crippen LogP contribution in [0.1, 0.15) is 31.4 Å². The van der Waals surface area contributed by atoms with Gasteiger partial charge < -0.3 is 5.32 Å². The molecule has 0 heterocycles. The lowest BCUT2D eigenvalue weighted by atomic mass is 10.0. The Kier molecular flexibility index (Phi) is 4.94. The monoisotopic (exact) mass is 223 g/mol. The quantitative estimate of drug-likeness (QED) is 0.756. The third-order valence-corrected chi connectivity index (χ3v) is 2.30. The number of benzene rings is 1. The van der Waals surface area contributed by atoms with E-state index in [-0.39, 0.29) is 6.04 Å². The molecular formula is C13H15F2N. The zero-order valence-corrected chi connectivity index (χ0v) is 9.26. The van der Waals surface area contributed by atoms with Crippen LogP contribution in [0.3, 0.4) is 0 Å². The minimum absolute atomic E-state index is 0.245. The highest BCUT2D eigenvalue weighted by atomic mass is 19.1. The Morgan fingerprint density at radius 3 is 2.75 bits per heavy atom. The Morgan fingerprint density at radius 2 is 2.19 bits per heavy atom. The number of nitrogens with one attached hydrogen (secondary N) is 1. The molecule has 16 heavy (non-hydrogen) atoms. The van der Waals surface area contributed by atoms with E-state index < -0.39 is 11.6 Å². The molecule has 1 aromatic carbocycles. The summed E-state index contributed by atoms with van der Waals surface area (Å²) in [4.78, 5) is 0. The first-order valence-electron chi connectivity index (χ1n) is 5.30. The van der Waals surface area contributed by atoms with Gasteiger partial charge in [0.1, 0.15) is 11.6 Å². The molecule has 0 saturated heterocycles. The van der Waals surface area contributed by atoms with Crippen molar-refractivity contribution in [2.45, 2.75) is 25.8 Å². The number of hydrogen-bond acceptors (Lipinski definition) is 1. The smallest absolute Gasteiger partial charge is 0.130 e. The summed E-state index contributed by atoms with van der Waals surface area (Å²) < 4.78 is 26.3. The summed E-state index contributed by atoms with van der Waals surface area (Å²) in [7, 11) is 0. The van der Waals surface area contributed by atoms with Gasteiger partial charge >= 0.3 is 0 Å². The molecule has 0 aliphatic heterocycles. The van der Waals surface area contributed by atoms with E-state index in [9.17, 15) is 8.78 Å². The summed E-state index contributed by atoms with van der Waals surface area (Å²) in [5.41, 5.74) is 0.424. The molecule has 0 aromatic heterocycles.